The van der Waals surface area contributed by atoms with Crippen LogP contribution in [0.2, 0.25) is 5.02 Å². The number of hydrogen-bond donors (Lipinski definition) is 1. The SMILES string of the molecule is Cc1ccc(Cc2n[nH]c3ncccc23)c(F)c1Oc1cc(Cl)cc(C#N)c1. The highest BCUT2D eigenvalue weighted by molar-refractivity contribution is 6.30. The molecular weight excluding hydrogens is 379 g/mol. The number of nitrogens with one attached hydrogen (secondary N) is 1. The molecule has 2 aromatic heterocycles. The lowest BCUT2D eigenvalue weighted by atomic mass is 10.0. The fourth-order valence-corrected chi connectivity index (χ4v) is 3.21. The summed E-state index contributed by atoms with van der Waals surface area (Å²) in [5.74, 6) is -0.0715. The van der Waals surface area contributed by atoms with E-state index < -0.39 is 5.82 Å². The maximum absolute atomic E-state index is 15.2. The quantitative estimate of drug-likeness (QED) is 0.510. The normalized spacial score (nSPS) is 10.8. The highest BCUT2D eigenvalue weighted by atomic mass is 35.5. The number of aromatic amines is 1. The van der Waals surface area contributed by atoms with Crippen LogP contribution in [0.5, 0.6) is 11.5 Å². The number of nitriles is 1. The first-order valence-electron chi connectivity index (χ1n) is 8.49. The van der Waals surface area contributed by atoms with Gasteiger partial charge in [0.05, 0.1) is 17.3 Å². The second-order valence-electron chi connectivity index (χ2n) is 6.32. The first-order valence-corrected chi connectivity index (χ1v) is 8.87. The van der Waals surface area contributed by atoms with Crippen molar-refractivity contribution < 1.29 is 9.13 Å². The van der Waals surface area contributed by atoms with Crippen molar-refractivity contribution in [3.63, 3.8) is 0 Å². The average Bonchev–Trinajstić information content (AvgIpc) is 3.10. The molecular formula is C21H14ClFN4O. The van der Waals surface area contributed by atoms with Crippen molar-refractivity contribution in [2.45, 2.75) is 13.3 Å². The first-order chi connectivity index (χ1) is 13.5. The minimum Gasteiger partial charge on any atom is -0.454 e. The predicted molar refractivity (Wildman–Crippen MR) is 104 cm³/mol. The van der Waals surface area contributed by atoms with Crippen LogP contribution in [0.4, 0.5) is 4.39 Å². The van der Waals surface area contributed by atoms with Crippen LogP contribution in [0.25, 0.3) is 11.0 Å². The average molecular weight is 393 g/mol. The number of aryl methyl sites for hydroxylation is 1. The Bertz CT molecular complexity index is 1230. The van der Waals surface area contributed by atoms with Gasteiger partial charge in [-0.2, -0.15) is 10.4 Å². The highest BCUT2D eigenvalue weighted by Crippen LogP contribution is 2.33. The second kappa shape index (κ2) is 7.29. The Morgan fingerprint density at radius 1 is 1.25 bits per heavy atom. The summed E-state index contributed by atoms with van der Waals surface area (Å²) in [5.41, 5.74) is 2.77. The van der Waals surface area contributed by atoms with Crippen molar-refractivity contribution >= 4 is 22.6 Å². The molecule has 0 spiro atoms. The van der Waals surface area contributed by atoms with Gasteiger partial charge in [0.2, 0.25) is 0 Å². The Kier molecular flexibility index (Phi) is 4.68. The molecule has 138 valence electrons. The van der Waals surface area contributed by atoms with Gasteiger partial charge in [0.15, 0.2) is 17.2 Å². The second-order valence-corrected chi connectivity index (χ2v) is 6.76. The minimum atomic E-state index is -0.474. The maximum Gasteiger partial charge on any atom is 0.169 e. The van der Waals surface area contributed by atoms with Gasteiger partial charge in [-0.25, -0.2) is 9.37 Å². The Balaban J connectivity index is 1.70. The van der Waals surface area contributed by atoms with E-state index in [0.29, 0.717) is 38.8 Å². The molecule has 0 aliphatic rings. The van der Waals surface area contributed by atoms with Gasteiger partial charge in [-0.15, -0.1) is 0 Å². The third kappa shape index (κ3) is 3.40. The zero-order valence-electron chi connectivity index (χ0n) is 14.8. The Morgan fingerprint density at radius 2 is 2.11 bits per heavy atom. The molecule has 7 heteroatoms. The van der Waals surface area contributed by atoms with Gasteiger partial charge in [0.25, 0.3) is 0 Å². The first kappa shape index (κ1) is 18.0. The Hall–Kier alpha value is -3.43. The van der Waals surface area contributed by atoms with Crippen LogP contribution in [0.15, 0.2) is 48.7 Å². The molecule has 1 N–H and O–H groups in total. The van der Waals surface area contributed by atoms with E-state index >= 15 is 4.39 Å². The zero-order valence-corrected chi connectivity index (χ0v) is 15.6. The van der Waals surface area contributed by atoms with E-state index in [1.807, 2.05) is 18.2 Å². The number of H-pyrrole nitrogens is 1. The van der Waals surface area contributed by atoms with Crippen molar-refractivity contribution in [2.75, 3.05) is 0 Å². The van der Waals surface area contributed by atoms with E-state index in [1.165, 1.54) is 12.1 Å². The number of halogens is 2. The van der Waals surface area contributed by atoms with Gasteiger partial charge in [-0.3, -0.25) is 5.10 Å². The fraction of sp³-hybridized carbons (Fsp3) is 0.0952. The molecule has 0 atom stereocenters. The molecule has 0 unspecified atom stereocenters. The van der Waals surface area contributed by atoms with Crippen molar-refractivity contribution in [3.8, 4) is 17.6 Å². The molecule has 0 fully saturated rings. The van der Waals surface area contributed by atoms with Gasteiger partial charge >= 0.3 is 0 Å². The summed E-state index contributed by atoms with van der Waals surface area (Å²) in [6.07, 6.45) is 1.95. The summed E-state index contributed by atoms with van der Waals surface area (Å²) in [6.45, 7) is 1.76. The van der Waals surface area contributed by atoms with E-state index in [4.69, 9.17) is 21.6 Å². The van der Waals surface area contributed by atoms with E-state index in [9.17, 15) is 0 Å². The Morgan fingerprint density at radius 3 is 2.93 bits per heavy atom. The molecule has 0 bridgehead atoms. The number of ether oxygens (including phenoxy) is 1. The number of benzene rings is 2. The number of pyridine rings is 1. The summed E-state index contributed by atoms with van der Waals surface area (Å²) in [5, 5.41) is 17.4. The number of fused-ring (bicyclic) bond motifs is 1. The van der Waals surface area contributed by atoms with Gasteiger partial charge < -0.3 is 4.74 Å². The van der Waals surface area contributed by atoms with Crippen LogP contribution >= 0.6 is 11.6 Å². The lowest BCUT2D eigenvalue weighted by Gasteiger charge is -2.13. The molecule has 0 saturated heterocycles. The molecule has 2 heterocycles. The molecule has 0 aliphatic heterocycles. The molecule has 0 radical (unpaired) electrons. The molecule has 5 nitrogen and oxygen atoms in total. The largest absolute Gasteiger partial charge is 0.454 e. The standard InChI is InChI=1S/C21H14ClFN4O/c1-12-4-5-14(9-18-17-3-2-6-25-21(17)27-26-18)19(23)20(12)28-16-8-13(11-24)7-15(22)10-16/h2-8,10H,9H2,1H3,(H,25,26,27). The van der Waals surface area contributed by atoms with Gasteiger partial charge in [0.1, 0.15) is 5.75 Å². The predicted octanol–water partition coefficient (Wildman–Crippen LogP) is 5.31. The molecule has 0 saturated carbocycles. The maximum atomic E-state index is 15.2. The number of nitrogens with zero attached hydrogens (tertiary/aromatic N) is 3. The van der Waals surface area contributed by atoms with Gasteiger partial charge in [0, 0.05) is 23.0 Å². The molecule has 28 heavy (non-hydrogen) atoms. The van der Waals surface area contributed by atoms with Gasteiger partial charge in [-0.05, 0) is 48.4 Å². The van der Waals surface area contributed by atoms with Crippen molar-refractivity contribution in [1.82, 2.24) is 15.2 Å². The topological polar surface area (TPSA) is 74.6 Å². The van der Waals surface area contributed by atoms with Crippen molar-refractivity contribution in [1.29, 1.82) is 5.26 Å². The van der Waals surface area contributed by atoms with E-state index in [2.05, 4.69) is 15.2 Å². The Labute approximate surface area is 165 Å². The number of hydrogen-bond acceptors (Lipinski definition) is 4. The molecule has 2 aromatic carbocycles. The van der Waals surface area contributed by atoms with Crippen molar-refractivity contribution in [2.24, 2.45) is 0 Å². The van der Waals surface area contributed by atoms with Crippen LogP contribution < -0.4 is 4.74 Å². The van der Waals surface area contributed by atoms with Crippen LogP contribution in [0.1, 0.15) is 22.4 Å². The molecule has 4 rings (SSSR count). The van der Waals surface area contributed by atoms with Crippen molar-refractivity contribution in [3.05, 3.63) is 81.9 Å². The summed E-state index contributed by atoms with van der Waals surface area (Å²) in [4.78, 5) is 4.20. The summed E-state index contributed by atoms with van der Waals surface area (Å²) < 4.78 is 21.0. The smallest absolute Gasteiger partial charge is 0.169 e. The van der Waals surface area contributed by atoms with Crippen LogP contribution in [-0.4, -0.2) is 15.2 Å². The number of rotatable bonds is 4. The fourth-order valence-electron chi connectivity index (χ4n) is 2.98. The van der Waals surface area contributed by atoms with Crippen LogP contribution in [-0.2, 0) is 6.42 Å². The summed E-state index contributed by atoms with van der Waals surface area (Å²) in [7, 11) is 0. The van der Waals surface area contributed by atoms with E-state index in [0.717, 1.165) is 5.39 Å². The molecule has 0 amide bonds. The molecule has 4 aromatic rings. The van der Waals surface area contributed by atoms with Crippen LogP contribution in [0.3, 0.4) is 0 Å². The number of aromatic nitrogens is 3. The highest BCUT2D eigenvalue weighted by Gasteiger charge is 2.17. The summed E-state index contributed by atoms with van der Waals surface area (Å²) in [6, 6.07) is 13.8. The van der Waals surface area contributed by atoms with E-state index in [1.54, 1.807) is 31.3 Å². The monoisotopic (exact) mass is 392 g/mol. The lowest BCUT2D eigenvalue weighted by molar-refractivity contribution is 0.435. The van der Waals surface area contributed by atoms with Gasteiger partial charge in [-0.1, -0.05) is 23.7 Å². The van der Waals surface area contributed by atoms with E-state index in [-0.39, 0.29) is 12.2 Å². The van der Waals surface area contributed by atoms with Crippen LogP contribution in [0, 0.1) is 24.1 Å². The minimum absolute atomic E-state index is 0.0987. The summed E-state index contributed by atoms with van der Waals surface area (Å²) >= 11 is 6.01. The third-order valence-electron chi connectivity index (χ3n) is 4.37. The third-order valence-corrected chi connectivity index (χ3v) is 4.59. The zero-order chi connectivity index (χ0) is 19.7. The molecule has 0 aliphatic carbocycles. The lowest BCUT2D eigenvalue weighted by Crippen LogP contribution is -1.99.